The van der Waals surface area contributed by atoms with Crippen LogP contribution in [0.25, 0.3) is 0 Å². The van der Waals surface area contributed by atoms with E-state index in [0.29, 0.717) is 24.6 Å². The third-order valence-corrected chi connectivity index (χ3v) is 6.98. The summed E-state index contributed by atoms with van der Waals surface area (Å²) >= 11 is 0. The number of fused-ring (bicyclic) bond motifs is 1. The normalized spacial score (nSPS) is 23.2. The van der Waals surface area contributed by atoms with Crippen LogP contribution in [0.4, 0.5) is 5.69 Å². The van der Waals surface area contributed by atoms with Gasteiger partial charge in [0, 0.05) is 44.4 Å². The maximum atomic E-state index is 13.4. The van der Waals surface area contributed by atoms with Crippen molar-refractivity contribution < 1.29 is 14.3 Å². The van der Waals surface area contributed by atoms with E-state index in [0.717, 1.165) is 56.7 Å². The maximum absolute atomic E-state index is 13.4. The minimum absolute atomic E-state index is 0.0386. The Balaban J connectivity index is 1.94. The van der Waals surface area contributed by atoms with Gasteiger partial charge in [-0.15, -0.1) is 0 Å². The Bertz CT molecular complexity index is 815. The van der Waals surface area contributed by atoms with E-state index in [-0.39, 0.29) is 24.0 Å². The molecule has 0 aliphatic carbocycles. The average molecular weight is 472 g/mol. The number of amides is 2. The van der Waals surface area contributed by atoms with Gasteiger partial charge in [0.25, 0.3) is 5.91 Å². The van der Waals surface area contributed by atoms with Crippen LogP contribution in [-0.4, -0.2) is 66.5 Å². The molecule has 1 saturated heterocycles. The number of rotatable bonds is 4. The van der Waals surface area contributed by atoms with Crippen LogP contribution in [0.3, 0.4) is 0 Å². The van der Waals surface area contributed by atoms with Crippen molar-refractivity contribution in [3.05, 3.63) is 29.3 Å². The van der Waals surface area contributed by atoms with Gasteiger partial charge in [0.1, 0.15) is 0 Å². The van der Waals surface area contributed by atoms with Gasteiger partial charge < -0.3 is 14.5 Å². The van der Waals surface area contributed by atoms with Gasteiger partial charge in [0.2, 0.25) is 5.91 Å². The van der Waals surface area contributed by atoms with Crippen LogP contribution in [0.15, 0.2) is 18.2 Å². The first-order valence-corrected chi connectivity index (χ1v) is 13.3. The van der Waals surface area contributed by atoms with E-state index in [9.17, 15) is 9.59 Å². The molecule has 0 bridgehead atoms. The van der Waals surface area contributed by atoms with Crippen molar-refractivity contribution in [3.63, 3.8) is 0 Å². The minimum Gasteiger partial charge on any atom is -0.372 e. The highest BCUT2D eigenvalue weighted by atomic mass is 16.5. The van der Waals surface area contributed by atoms with E-state index in [1.54, 1.807) is 6.92 Å². The van der Waals surface area contributed by atoms with E-state index < -0.39 is 0 Å². The highest BCUT2D eigenvalue weighted by molar-refractivity contribution is 5.97. The van der Waals surface area contributed by atoms with Crippen LogP contribution in [0.5, 0.6) is 0 Å². The highest BCUT2D eigenvalue weighted by Crippen LogP contribution is 2.27. The molecule has 3 rings (SSSR count). The number of hydrogen-bond acceptors (Lipinski definition) is 4. The number of carbonyl (C=O) groups is 2. The van der Waals surface area contributed by atoms with Gasteiger partial charge in [-0.2, -0.15) is 0 Å². The van der Waals surface area contributed by atoms with Crippen LogP contribution in [-0.2, 0) is 16.1 Å². The number of morpholine rings is 1. The third kappa shape index (κ3) is 7.54. The van der Waals surface area contributed by atoms with Crippen molar-refractivity contribution in [1.29, 1.82) is 0 Å². The zero-order valence-corrected chi connectivity index (χ0v) is 22.0. The summed E-state index contributed by atoms with van der Waals surface area (Å²) in [4.78, 5) is 32.4. The van der Waals surface area contributed by atoms with Gasteiger partial charge in [0.15, 0.2) is 0 Å². The van der Waals surface area contributed by atoms with Gasteiger partial charge in [-0.05, 0) is 75.9 Å². The molecule has 6 heteroatoms. The lowest BCUT2D eigenvalue weighted by atomic mass is 10.0. The predicted octanol–water partition coefficient (Wildman–Crippen LogP) is 5.10. The van der Waals surface area contributed by atoms with Crippen molar-refractivity contribution in [2.24, 2.45) is 5.92 Å². The zero-order valence-electron chi connectivity index (χ0n) is 22.0. The Morgan fingerprint density at radius 2 is 1.65 bits per heavy atom. The molecule has 2 aliphatic heterocycles. The monoisotopic (exact) mass is 471 g/mol. The summed E-state index contributed by atoms with van der Waals surface area (Å²) < 4.78 is 5.83. The largest absolute Gasteiger partial charge is 0.372 e. The van der Waals surface area contributed by atoms with E-state index in [2.05, 4.69) is 18.7 Å². The molecule has 34 heavy (non-hydrogen) atoms. The summed E-state index contributed by atoms with van der Waals surface area (Å²) in [6.07, 6.45) is 7.04. The number of anilines is 1. The number of hydrogen-bond donors (Lipinski definition) is 0. The first-order valence-electron chi connectivity index (χ1n) is 13.3. The van der Waals surface area contributed by atoms with E-state index in [4.69, 9.17) is 4.74 Å². The standard InChI is InChI=1S/C28H45N3O3/c1-21(2)13-16-29-14-9-7-6-8-10-15-31(24(5)32)27-12-11-25(17-26(27)20-29)28(33)30-18-22(3)34-23(4)19-30/h11-12,17,21-23H,6-10,13-16,18-20H2,1-5H3. The molecule has 2 atom stereocenters. The molecular weight excluding hydrogens is 426 g/mol. The molecule has 2 unspecified atom stereocenters. The lowest BCUT2D eigenvalue weighted by Gasteiger charge is -2.35. The molecule has 190 valence electrons. The fraction of sp³-hybridized carbons (Fsp3) is 0.714. The van der Waals surface area contributed by atoms with Crippen molar-refractivity contribution >= 4 is 17.5 Å². The Morgan fingerprint density at radius 1 is 1.00 bits per heavy atom. The Hall–Kier alpha value is -1.92. The van der Waals surface area contributed by atoms with Crippen LogP contribution >= 0.6 is 0 Å². The molecule has 0 aromatic heterocycles. The molecule has 2 heterocycles. The van der Waals surface area contributed by atoms with Crippen molar-refractivity contribution in [3.8, 4) is 0 Å². The molecule has 0 radical (unpaired) electrons. The Morgan fingerprint density at radius 3 is 2.29 bits per heavy atom. The molecular formula is C28H45N3O3. The molecule has 2 amide bonds. The van der Waals surface area contributed by atoms with Gasteiger partial charge in [-0.25, -0.2) is 0 Å². The smallest absolute Gasteiger partial charge is 0.254 e. The summed E-state index contributed by atoms with van der Waals surface area (Å²) in [5.41, 5.74) is 2.75. The van der Waals surface area contributed by atoms with Gasteiger partial charge in [-0.1, -0.05) is 33.1 Å². The summed E-state index contributed by atoms with van der Waals surface area (Å²) in [7, 11) is 0. The predicted molar refractivity (Wildman–Crippen MR) is 138 cm³/mol. The second kappa shape index (κ2) is 12.7. The molecule has 0 saturated carbocycles. The quantitative estimate of drug-likeness (QED) is 0.613. The van der Waals surface area contributed by atoms with E-state index in [1.165, 1.54) is 19.3 Å². The fourth-order valence-electron chi connectivity index (χ4n) is 5.17. The SMILES string of the molecule is CC(=O)N1CCCCCCCN(CCC(C)C)Cc2cc(C(=O)N3CC(C)OC(C)C3)ccc21. The van der Waals surface area contributed by atoms with Crippen LogP contribution in [0.1, 0.15) is 89.1 Å². The number of ether oxygens (including phenoxy) is 1. The number of benzene rings is 1. The fourth-order valence-corrected chi connectivity index (χ4v) is 5.17. The first kappa shape index (κ1) is 26.7. The van der Waals surface area contributed by atoms with Crippen LogP contribution in [0.2, 0.25) is 0 Å². The summed E-state index contributed by atoms with van der Waals surface area (Å²) in [5, 5.41) is 0. The Kier molecular flexibility index (Phi) is 9.96. The second-order valence-electron chi connectivity index (χ2n) is 10.7. The highest BCUT2D eigenvalue weighted by Gasteiger charge is 2.28. The lowest BCUT2D eigenvalue weighted by Crippen LogP contribution is -2.48. The van der Waals surface area contributed by atoms with Gasteiger partial charge in [0.05, 0.1) is 12.2 Å². The summed E-state index contributed by atoms with van der Waals surface area (Å²) in [6.45, 7) is 15.0. The number of nitrogens with zero attached hydrogens (tertiary/aromatic N) is 3. The topological polar surface area (TPSA) is 53.1 Å². The average Bonchev–Trinajstić information content (AvgIpc) is 2.77. The molecule has 2 aliphatic rings. The van der Waals surface area contributed by atoms with E-state index >= 15 is 0 Å². The minimum atomic E-state index is 0.0386. The Labute approximate surface area is 206 Å². The molecule has 6 nitrogen and oxygen atoms in total. The number of carbonyl (C=O) groups excluding carboxylic acids is 2. The molecule has 0 N–H and O–H groups in total. The maximum Gasteiger partial charge on any atom is 0.254 e. The molecule has 0 spiro atoms. The second-order valence-corrected chi connectivity index (χ2v) is 10.7. The van der Waals surface area contributed by atoms with Crippen LogP contribution in [0, 0.1) is 5.92 Å². The van der Waals surface area contributed by atoms with Crippen molar-refractivity contribution in [2.75, 3.05) is 37.6 Å². The first-order chi connectivity index (χ1) is 16.2. The van der Waals surface area contributed by atoms with Crippen LogP contribution < -0.4 is 4.90 Å². The van der Waals surface area contributed by atoms with Crippen molar-refractivity contribution in [2.45, 2.75) is 91.9 Å². The molecule has 1 aromatic carbocycles. The summed E-state index contributed by atoms with van der Waals surface area (Å²) in [6, 6.07) is 5.96. The van der Waals surface area contributed by atoms with Gasteiger partial charge in [-0.3, -0.25) is 14.5 Å². The third-order valence-electron chi connectivity index (χ3n) is 6.98. The van der Waals surface area contributed by atoms with Gasteiger partial charge >= 0.3 is 0 Å². The summed E-state index contributed by atoms with van der Waals surface area (Å²) in [5.74, 6) is 0.772. The van der Waals surface area contributed by atoms with Crippen molar-refractivity contribution in [1.82, 2.24) is 9.80 Å². The zero-order chi connectivity index (χ0) is 24.7. The molecule has 1 fully saturated rings. The van der Waals surface area contributed by atoms with E-state index in [1.807, 2.05) is 41.8 Å². The molecule has 1 aromatic rings. The lowest BCUT2D eigenvalue weighted by molar-refractivity contribution is -0.116.